The van der Waals surface area contributed by atoms with Gasteiger partial charge in [-0.15, -0.1) is 0 Å². The topological polar surface area (TPSA) is 42.1 Å². The van der Waals surface area contributed by atoms with Crippen molar-refractivity contribution < 1.29 is 0 Å². The molecule has 0 aliphatic carbocycles. The van der Waals surface area contributed by atoms with Crippen LogP contribution >= 0.6 is 11.6 Å². The van der Waals surface area contributed by atoms with Crippen LogP contribution in [0.15, 0.2) is 36.5 Å². The fraction of sp³-hybridized carbons (Fsp3) is 0.312. The summed E-state index contributed by atoms with van der Waals surface area (Å²) in [6, 6.07) is 10.5. The molecule has 0 radical (unpaired) electrons. The van der Waals surface area contributed by atoms with Gasteiger partial charge in [0.05, 0.1) is 5.02 Å². The van der Waals surface area contributed by atoms with E-state index in [0.717, 1.165) is 24.3 Å². The summed E-state index contributed by atoms with van der Waals surface area (Å²) in [5.41, 5.74) is 9.29. The normalized spacial score (nSPS) is 17.9. The van der Waals surface area contributed by atoms with Crippen LogP contribution in [0.3, 0.4) is 0 Å². The monoisotopic (exact) mass is 287 g/mol. The van der Waals surface area contributed by atoms with Crippen LogP contribution in [0.1, 0.15) is 18.1 Å². The highest BCUT2D eigenvalue weighted by molar-refractivity contribution is 6.31. The smallest absolute Gasteiger partial charge is 0.133 e. The number of benzene rings is 1. The molecule has 104 valence electrons. The molecule has 1 aliphatic heterocycles. The summed E-state index contributed by atoms with van der Waals surface area (Å²) in [6.45, 7) is 3.66. The molecular formula is C16H18ClN3. The summed E-state index contributed by atoms with van der Waals surface area (Å²) in [6.07, 6.45) is 2.81. The minimum atomic E-state index is 0.430. The molecule has 2 aromatic rings. The first-order chi connectivity index (χ1) is 9.69. The van der Waals surface area contributed by atoms with Crippen LogP contribution in [0.25, 0.3) is 0 Å². The van der Waals surface area contributed by atoms with E-state index in [1.807, 2.05) is 6.07 Å². The van der Waals surface area contributed by atoms with E-state index >= 15 is 0 Å². The summed E-state index contributed by atoms with van der Waals surface area (Å²) in [4.78, 5) is 6.75. The molecule has 0 saturated carbocycles. The molecule has 0 saturated heterocycles. The van der Waals surface area contributed by atoms with Crippen LogP contribution < -0.4 is 10.6 Å². The van der Waals surface area contributed by atoms with E-state index in [0.29, 0.717) is 17.5 Å². The van der Waals surface area contributed by atoms with Gasteiger partial charge < -0.3 is 10.6 Å². The molecule has 3 rings (SSSR count). The van der Waals surface area contributed by atoms with Crippen molar-refractivity contribution in [1.29, 1.82) is 0 Å². The largest absolute Gasteiger partial charge is 0.326 e. The van der Waals surface area contributed by atoms with Crippen molar-refractivity contribution in [2.75, 3.05) is 11.4 Å². The molecule has 3 nitrogen and oxygen atoms in total. The van der Waals surface area contributed by atoms with Gasteiger partial charge in [0, 0.05) is 25.0 Å². The van der Waals surface area contributed by atoms with E-state index in [2.05, 4.69) is 41.1 Å². The summed E-state index contributed by atoms with van der Waals surface area (Å²) in [5, 5.41) is 0.634. The first-order valence-corrected chi connectivity index (χ1v) is 7.26. The zero-order valence-corrected chi connectivity index (χ0v) is 12.3. The number of nitrogens with two attached hydrogens (primary N) is 1. The molecular weight excluding hydrogens is 270 g/mol. The number of anilines is 2. The third-order valence-corrected chi connectivity index (χ3v) is 4.10. The van der Waals surface area contributed by atoms with Crippen LogP contribution in [-0.4, -0.2) is 11.5 Å². The maximum absolute atomic E-state index is 6.10. The second kappa shape index (κ2) is 5.43. The van der Waals surface area contributed by atoms with Gasteiger partial charge in [0.2, 0.25) is 0 Å². The lowest BCUT2D eigenvalue weighted by Gasteiger charge is -2.34. The van der Waals surface area contributed by atoms with E-state index in [9.17, 15) is 0 Å². The molecule has 1 aromatic heterocycles. The average Bonchev–Trinajstić information content (AvgIpc) is 2.47. The van der Waals surface area contributed by atoms with Gasteiger partial charge in [0.1, 0.15) is 5.82 Å². The van der Waals surface area contributed by atoms with Gasteiger partial charge in [0.25, 0.3) is 0 Å². The molecule has 0 amide bonds. The Morgan fingerprint density at radius 3 is 3.00 bits per heavy atom. The summed E-state index contributed by atoms with van der Waals surface area (Å²) in [5.74, 6) is 1.53. The standard InChI is InChI=1S/C16H18ClN3/c1-11-6-12-4-2-3-5-15(12)20(10-11)16-7-13(8-18)14(17)9-19-16/h2-5,7,9,11H,6,8,10,18H2,1H3. The Morgan fingerprint density at radius 1 is 1.40 bits per heavy atom. The molecule has 0 fully saturated rings. The molecule has 0 spiro atoms. The van der Waals surface area contributed by atoms with E-state index in [4.69, 9.17) is 17.3 Å². The van der Waals surface area contributed by atoms with Crippen molar-refractivity contribution in [3.63, 3.8) is 0 Å². The van der Waals surface area contributed by atoms with Gasteiger partial charge in [0.15, 0.2) is 0 Å². The maximum Gasteiger partial charge on any atom is 0.133 e. The highest BCUT2D eigenvalue weighted by Gasteiger charge is 2.23. The molecule has 1 atom stereocenters. The predicted molar refractivity (Wildman–Crippen MR) is 83.5 cm³/mol. The van der Waals surface area contributed by atoms with Gasteiger partial charge in [-0.2, -0.15) is 0 Å². The Morgan fingerprint density at radius 2 is 2.20 bits per heavy atom. The minimum absolute atomic E-state index is 0.430. The van der Waals surface area contributed by atoms with Crippen molar-refractivity contribution in [3.8, 4) is 0 Å². The molecule has 1 aromatic carbocycles. The van der Waals surface area contributed by atoms with Gasteiger partial charge in [-0.25, -0.2) is 4.98 Å². The van der Waals surface area contributed by atoms with Gasteiger partial charge >= 0.3 is 0 Å². The number of pyridine rings is 1. The maximum atomic E-state index is 6.10. The van der Waals surface area contributed by atoms with E-state index in [1.165, 1.54) is 11.3 Å². The van der Waals surface area contributed by atoms with Crippen molar-refractivity contribution in [2.24, 2.45) is 11.7 Å². The Kier molecular flexibility index (Phi) is 3.64. The second-order valence-electron chi connectivity index (χ2n) is 5.39. The minimum Gasteiger partial charge on any atom is -0.326 e. The quantitative estimate of drug-likeness (QED) is 0.919. The number of halogens is 1. The lowest BCUT2D eigenvalue weighted by molar-refractivity contribution is 0.560. The lowest BCUT2D eigenvalue weighted by atomic mass is 9.94. The number of hydrogen-bond acceptors (Lipinski definition) is 3. The average molecular weight is 288 g/mol. The Bertz CT molecular complexity index is 627. The third kappa shape index (κ3) is 2.39. The fourth-order valence-electron chi connectivity index (χ4n) is 2.79. The van der Waals surface area contributed by atoms with Gasteiger partial charge in [-0.05, 0) is 35.6 Å². The van der Waals surface area contributed by atoms with Crippen LogP contribution in [0.5, 0.6) is 0 Å². The van der Waals surface area contributed by atoms with Crippen molar-refractivity contribution in [3.05, 3.63) is 52.7 Å². The fourth-order valence-corrected chi connectivity index (χ4v) is 2.97. The highest BCUT2D eigenvalue weighted by Crippen LogP contribution is 2.35. The molecule has 2 heterocycles. The van der Waals surface area contributed by atoms with Crippen LogP contribution in [0, 0.1) is 5.92 Å². The number of rotatable bonds is 2. The van der Waals surface area contributed by atoms with E-state index in [1.54, 1.807) is 6.20 Å². The summed E-state index contributed by atoms with van der Waals surface area (Å²) >= 11 is 6.10. The second-order valence-corrected chi connectivity index (χ2v) is 5.79. The van der Waals surface area contributed by atoms with Crippen LogP contribution in [0.4, 0.5) is 11.5 Å². The number of fused-ring (bicyclic) bond motifs is 1. The van der Waals surface area contributed by atoms with Crippen molar-refractivity contribution in [1.82, 2.24) is 4.98 Å². The number of para-hydroxylation sites is 1. The number of aromatic nitrogens is 1. The van der Waals surface area contributed by atoms with Gasteiger partial charge in [-0.3, -0.25) is 0 Å². The zero-order valence-electron chi connectivity index (χ0n) is 11.5. The van der Waals surface area contributed by atoms with Crippen LogP contribution in [0.2, 0.25) is 5.02 Å². The Hall–Kier alpha value is -1.58. The molecule has 1 aliphatic rings. The van der Waals surface area contributed by atoms with Crippen molar-refractivity contribution >= 4 is 23.1 Å². The molecule has 4 heteroatoms. The van der Waals surface area contributed by atoms with Gasteiger partial charge in [-0.1, -0.05) is 36.7 Å². The molecule has 0 bridgehead atoms. The van der Waals surface area contributed by atoms with Crippen LogP contribution in [-0.2, 0) is 13.0 Å². The molecule has 20 heavy (non-hydrogen) atoms. The number of nitrogens with zero attached hydrogens (tertiary/aromatic N) is 2. The van der Waals surface area contributed by atoms with E-state index < -0.39 is 0 Å². The zero-order chi connectivity index (χ0) is 14.1. The molecule has 1 unspecified atom stereocenters. The first kappa shape index (κ1) is 13.4. The third-order valence-electron chi connectivity index (χ3n) is 3.76. The highest BCUT2D eigenvalue weighted by atomic mass is 35.5. The Balaban J connectivity index is 2.06. The first-order valence-electron chi connectivity index (χ1n) is 6.89. The SMILES string of the molecule is CC1Cc2ccccc2N(c2cc(CN)c(Cl)cn2)C1. The van der Waals surface area contributed by atoms with Crippen molar-refractivity contribution in [2.45, 2.75) is 19.9 Å². The Labute approximate surface area is 124 Å². The predicted octanol–water partition coefficient (Wildman–Crippen LogP) is 3.52. The van der Waals surface area contributed by atoms with E-state index in [-0.39, 0.29) is 0 Å². The summed E-state index contributed by atoms with van der Waals surface area (Å²) < 4.78 is 0. The number of hydrogen-bond donors (Lipinski definition) is 1. The summed E-state index contributed by atoms with van der Waals surface area (Å²) in [7, 11) is 0. The molecule has 2 N–H and O–H groups in total. The lowest BCUT2D eigenvalue weighted by Crippen LogP contribution is -2.31.